The molecule has 2 atom stereocenters. The molecule has 1 aromatic rings. The van der Waals surface area contributed by atoms with E-state index in [4.69, 9.17) is 15.6 Å². The topological polar surface area (TPSA) is 102 Å². The Hall–Kier alpha value is -2.08. The minimum absolute atomic E-state index is 0.117. The van der Waals surface area contributed by atoms with Crippen molar-refractivity contribution in [1.29, 1.82) is 0 Å². The second kappa shape index (κ2) is 8.38. The first-order valence-corrected chi connectivity index (χ1v) is 7.28. The molecule has 1 unspecified atom stereocenters. The molecule has 0 spiro atoms. The average Bonchev–Trinajstić information content (AvgIpc) is 2.44. The molecule has 122 valence electrons. The number of aliphatic carboxylic acids is 1. The predicted octanol–water partition coefficient (Wildman–Crippen LogP) is 1.38. The standard InChI is InChI=1S/C16H24N2O4/c1-10-5-4-6-11(2)15(10)22-9-12(3)18-16(21)13(17)7-8-14(19)20/h4-6,12-13H,7-9,17H2,1-3H3,(H,18,21)(H,19,20)/t12?,13-/m0/s1. The summed E-state index contributed by atoms with van der Waals surface area (Å²) in [5.74, 6) is -0.507. The summed E-state index contributed by atoms with van der Waals surface area (Å²) in [6, 6.07) is 4.85. The van der Waals surface area contributed by atoms with Crippen molar-refractivity contribution in [1.82, 2.24) is 5.32 Å². The lowest BCUT2D eigenvalue weighted by molar-refractivity contribution is -0.137. The molecular formula is C16H24N2O4. The molecule has 0 aromatic heterocycles. The zero-order valence-corrected chi connectivity index (χ0v) is 13.3. The Bertz CT molecular complexity index is 511. The Morgan fingerprint density at radius 3 is 2.45 bits per heavy atom. The molecule has 22 heavy (non-hydrogen) atoms. The van der Waals surface area contributed by atoms with Crippen LogP contribution in [-0.2, 0) is 9.59 Å². The summed E-state index contributed by atoms with van der Waals surface area (Å²) in [4.78, 5) is 22.3. The van der Waals surface area contributed by atoms with Gasteiger partial charge in [-0.1, -0.05) is 18.2 Å². The van der Waals surface area contributed by atoms with E-state index in [1.54, 1.807) is 0 Å². The summed E-state index contributed by atoms with van der Waals surface area (Å²) >= 11 is 0. The van der Waals surface area contributed by atoms with Crippen molar-refractivity contribution in [2.45, 2.75) is 45.7 Å². The van der Waals surface area contributed by atoms with Crippen molar-refractivity contribution in [3.63, 3.8) is 0 Å². The molecule has 0 aliphatic rings. The van der Waals surface area contributed by atoms with Crippen LogP contribution in [0.5, 0.6) is 5.75 Å². The van der Waals surface area contributed by atoms with E-state index in [0.717, 1.165) is 16.9 Å². The van der Waals surface area contributed by atoms with Crippen LogP contribution in [0.1, 0.15) is 30.9 Å². The van der Waals surface area contributed by atoms with Crippen molar-refractivity contribution in [2.75, 3.05) is 6.61 Å². The molecule has 0 aliphatic heterocycles. The van der Waals surface area contributed by atoms with Gasteiger partial charge in [-0.3, -0.25) is 9.59 Å². The van der Waals surface area contributed by atoms with Crippen molar-refractivity contribution in [3.8, 4) is 5.75 Å². The van der Waals surface area contributed by atoms with Crippen LogP contribution < -0.4 is 15.8 Å². The Morgan fingerprint density at radius 2 is 1.91 bits per heavy atom. The molecule has 6 nitrogen and oxygen atoms in total. The number of amides is 1. The fourth-order valence-electron chi connectivity index (χ4n) is 2.04. The first kappa shape index (κ1) is 18.0. The number of para-hydroxylation sites is 1. The Labute approximate surface area is 130 Å². The van der Waals surface area contributed by atoms with Gasteiger partial charge in [0.2, 0.25) is 5.91 Å². The number of hydrogen-bond donors (Lipinski definition) is 3. The van der Waals surface area contributed by atoms with Gasteiger partial charge in [0.05, 0.1) is 12.1 Å². The van der Waals surface area contributed by atoms with Crippen LogP contribution in [-0.4, -0.2) is 35.7 Å². The van der Waals surface area contributed by atoms with Gasteiger partial charge < -0.3 is 20.9 Å². The minimum atomic E-state index is -0.963. The van der Waals surface area contributed by atoms with E-state index in [0.29, 0.717) is 6.61 Å². The number of carboxylic acids is 1. The molecule has 0 saturated carbocycles. The quantitative estimate of drug-likeness (QED) is 0.673. The van der Waals surface area contributed by atoms with Crippen molar-refractivity contribution < 1.29 is 19.4 Å². The molecule has 0 aliphatic carbocycles. The van der Waals surface area contributed by atoms with Crippen molar-refractivity contribution in [2.24, 2.45) is 5.73 Å². The number of aryl methyl sites for hydroxylation is 2. The second-order valence-corrected chi connectivity index (χ2v) is 5.48. The Morgan fingerprint density at radius 1 is 1.32 bits per heavy atom. The normalized spacial score (nSPS) is 13.3. The van der Waals surface area contributed by atoms with Crippen LogP contribution in [0.4, 0.5) is 0 Å². The smallest absolute Gasteiger partial charge is 0.303 e. The van der Waals surface area contributed by atoms with Gasteiger partial charge in [0.1, 0.15) is 12.4 Å². The maximum atomic E-state index is 11.8. The summed E-state index contributed by atoms with van der Waals surface area (Å²) in [6.07, 6.45) is -0.00643. The van der Waals surface area contributed by atoms with Gasteiger partial charge >= 0.3 is 5.97 Å². The Balaban J connectivity index is 2.44. The average molecular weight is 308 g/mol. The van der Waals surface area contributed by atoms with Crippen LogP contribution in [0.3, 0.4) is 0 Å². The molecule has 0 heterocycles. The largest absolute Gasteiger partial charge is 0.491 e. The fourth-order valence-corrected chi connectivity index (χ4v) is 2.04. The summed E-state index contributed by atoms with van der Waals surface area (Å²) in [7, 11) is 0. The lowest BCUT2D eigenvalue weighted by Gasteiger charge is -2.19. The van der Waals surface area contributed by atoms with Crippen LogP contribution >= 0.6 is 0 Å². The molecule has 0 fully saturated rings. The molecule has 1 rings (SSSR count). The number of benzene rings is 1. The zero-order chi connectivity index (χ0) is 16.7. The van der Waals surface area contributed by atoms with Crippen LogP contribution in [0.2, 0.25) is 0 Å². The number of carbonyl (C=O) groups excluding carboxylic acids is 1. The number of nitrogens with two attached hydrogens (primary N) is 1. The van der Waals surface area contributed by atoms with Gasteiger partial charge in [-0.25, -0.2) is 0 Å². The number of ether oxygens (including phenoxy) is 1. The lowest BCUT2D eigenvalue weighted by atomic mass is 10.1. The van der Waals surface area contributed by atoms with E-state index in [1.165, 1.54) is 0 Å². The van der Waals surface area contributed by atoms with Gasteiger partial charge in [-0.2, -0.15) is 0 Å². The molecule has 4 N–H and O–H groups in total. The predicted molar refractivity (Wildman–Crippen MR) is 83.9 cm³/mol. The van der Waals surface area contributed by atoms with E-state index in [1.807, 2.05) is 39.0 Å². The van der Waals surface area contributed by atoms with Crippen LogP contribution in [0.15, 0.2) is 18.2 Å². The van der Waals surface area contributed by atoms with E-state index in [2.05, 4.69) is 5.32 Å². The highest BCUT2D eigenvalue weighted by Crippen LogP contribution is 2.22. The number of rotatable bonds is 8. The monoisotopic (exact) mass is 308 g/mol. The molecule has 0 bridgehead atoms. The van der Waals surface area contributed by atoms with Crippen molar-refractivity contribution >= 4 is 11.9 Å². The van der Waals surface area contributed by atoms with Gasteiger partial charge in [0.15, 0.2) is 0 Å². The van der Waals surface area contributed by atoms with E-state index < -0.39 is 12.0 Å². The second-order valence-electron chi connectivity index (χ2n) is 5.48. The maximum Gasteiger partial charge on any atom is 0.303 e. The maximum absolute atomic E-state index is 11.8. The third-order valence-electron chi connectivity index (χ3n) is 3.28. The first-order valence-electron chi connectivity index (χ1n) is 7.28. The number of nitrogens with one attached hydrogen (secondary N) is 1. The van der Waals surface area contributed by atoms with Gasteiger partial charge in [-0.15, -0.1) is 0 Å². The van der Waals surface area contributed by atoms with Crippen molar-refractivity contribution in [3.05, 3.63) is 29.3 Å². The number of carbonyl (C=O) groups is 2. The molecule has 1 aromatic carbocycles. The Kier molecular flexibility index (Phi) is 6.85. The van der Waals surface area contributed by atoms with E-state index in [9.17, 15) is 9.59 Å². The SMILES string of the molecule is Cc1cccc(C)c1OCC(C)NC(=O)[C@@H](N)CCC(=O)O. The molecule has 0 radical (unpaired) electrons. The van der Waals surface area contributed by atoms with Crippen LogP contribution in [0, 0.1) is 13.8 Å². The van der Waals surface area contributed by atoms with Gasteiger partial charge in [-0.05, 0) is 38.3 Å². The van der Waals surface area contributed by atoms with E-state index in [-0.39, 0.29) is 24.8 Å². The van der Waals surface area contributed by atoms with E-state index >= 15 is 0 Å². The van der Waals surface area contributed by atoms with Gasteiger partial charge in [0.25, 0.3) is 0 Å². The third kappa shape index (κ3) is 5.73. The number of hydrogen-bond acceptors (Lipinski definition) is 4. The summed E-state index contributed by atoms with van der Waals surface area (Å²) in [5, 5.41) is 11.3. The summed E-state index contributed by atoms with van der Waals surface area (Å²) in [5.41, 5.74) is 7.73. The van der Waals surface area contributed by atoms with Gasteiger partial charge in [0, 0.05) is 6.42 Å². The molecule has 1 amide bonds. The lowest BCUT2D eigenvalue weighted by Crippen LogP contribution is -2.46. The molecule has 6 heteroatoms. The summed E-state index contributed by atoms with van der Waals surface area (Å²) < 4.78 is 5.76. The fraction of sp³-hybridized carbons (Fsp3) is 0.500. The third-order valence-corrected chi connectivity index (χ3v) is 3.28. The highest BCUT2D eigenvalue weighted by atomic mass is 16.5. The molecule has 0 saturated heterocycles. The zero-order valence-electron chi connectivity index (χ0n) is 13.3. The van der Waals surface area contributed by atoms with Crippen LogP contribution in [0.25, 0.3) is 0 Å². The minimum Gasteiger partial charge on any atom is -0.491 e. The highest BCUT2D eigenvalue weighted by Gasteiger charge is 2.17. The summed E-state index contributed by atoms with van der Waals surface area (Å²) in [6.45, 7) is 6.07. The number of carboxylic acid groups (broad SMARTS) is 1. The highest BCUT2D eigenvalue weighted by molar-refractivity contribution is 5.82. The molecular weight excluding hydrogens is 284 g/mol. The first-order chi connectivity index (χ1) is 10.3.